The topological polar surface area (TPSA) is 72.9 Å². The summed E-state index contributed by atoms with van der Waals surface area (Å²) >= 11 is 0. The monoisotopic (exact) mass is 494 g/mol. The zero-order chi connectivity index (χ0) is 26.2. The largest absolute Gasteiger partial charge is 0.492 e. The van der Waals surface area contributed by atoms with Gasteiger partial charge in [-0.25, -0.2) is 4.98 Å². The summed E-state index contributed by atoms with van der Waals surface area (Å²) in [5.41, 5.74) is 2.76. The average Bonchev–Trinajstić information content (AvgIpc) is 3.31. The molecule has 0 bridgehead atoms. The molecule has 2 aromatic heterocycles. The SMILES string of the molecule is CN(C)c1ccc(C=Nn2c(-c3cc4ccccc4o3)nc3ccccc3c2=O)c(OCC(C)(C)C)c1. The average molecular weight is 495 g/mol. The number of para-hydroxylation sites is 2. The summed E-state index contributed by atoms with van der Waals surface area (Å²) in [6, 6.07) is 22.7. The van der Waals surface area contributed by atoms with E-state index in [1.54, 1.807) is 12.3 Å². The lowest BCUT2D eigenvalue weighted by Gasteiger charge is -2.21. The summed E-state index contributed by atoms with van der Waals surface area (Å²) in [6.45, 7) is 6.90. The molecule has 0 fully saturated rings. The number of rotatable bonds is 6. The number of hydrogen-bond donors (Lipinski definition) is 0. The molecule has 2 heterocycles. The van der Waals surface area contributed by atoms with E-state index in [-0.39, 0.29) is 11.0 Å². The van der Waals surface area contributed by atoms with Crippen molar-refractivity contribution >= 4 is 33.8 Å². The number of benzene rings is 3. The van der Waals surface area contributed by atoms with E-state index in [0.717, 1.165) is 16.6 Å². The number of anilines is 1. The molecule has 7 heteroatoms. The van der Waals surface area contributed by atoms with Crippen molar-refractivity contribution in [3.05, 3.63) is 88.7 Å². The molecule has 7 nitrogen and oxygen atoms in total. The molecule has 0 unspecified atom stereocenters. The summed E-state index contributed by atoms with van der Waals surface area (Å²) in [4.78, 5) is 20.4. The highest BCUT2D eigenvalue weighted by Crippen LogP contribution is 2.28. The smallest absolute Gasteiger partial charge is 0.282 e. The van der Waals surface area contributed by atoms with Gasteiger partial charge in [-0.1, -0.05) is 51.1 Å². The molecule has 5 aromatic rings. The first-order valence-electron chi connectivity index (χ1n) is 12.2. The van der Waals surface area contributed by atoms with Crippen LogP contribution in [0.15, 0.2) is 87.1 Å². The third-order valence-corrected chi connectivity index (χ3v) is 5.89. The van der Waals surface area contributed by atoms with Crippen molar-refractivity contribution < 1.29 is 9.15 Å². The van der Waals surface area contributed by atoms with Crippen LogP contribution in [0.25, 0.3) is 33.5 Å². The van der Waals surface area contributed by atoms with Gasteiger partial charge in [0.05, 0.1) is 23.7 Å². The van der Waals surface area contributed by atoms with Gasteiger partial charge in [-0.2, -0.15) is 9.78 Å². The van der Waals surface area contributed by atoms with Crippen LogP contribution in [0, 0.1) is 5.41 Å². The van der Waals surface area contributed by atoms with Crippen molar-refractivity contribution in [2.24, 2.45) is 10.5 Å². The van der Waals surface area contributed by atoms with Crippen molar-refractivity contribution in [1.29, 1.82) is 0 Å². The lowest BCUT2D eigenvalue weighted by molar-refractivity contribution is 0.198. The predicted molar refractivity (Wildman–Crippen MR) is 150 cm³/mol. The van der Waals surface area contributed by atoms with E-state index in [9.17, 15) is 4.79 Å². The minimum Gasteiger partial charge on any atom is -0.492 e. The Morgan fingerprint density at radius 1 is 1.03 bits per heavy atom. The number of fused-ring (bicyclic) bond motifs is 2. The molecular weight excluding hydrogens is 464 g/mol. The van der Waals surface area contributed by atoms with Crippen LogP contribution >= 0.6 is 0 Å². The highest BCUT2D eigenvalue weighted by atomic mass is 16.5. The highest BCUT2D eigenvalue weighted by Gasteiger charge is 2.17. The van der Waals surface area contributed by atoms with Gasteiger partial charge in [0.2, 0.25) is 5.82 Å². The molecule has 0 aliphatic rings. The molecule has 0 saturated carbocycles. The summed E-state index contributed by atoms with van der Waals surface area (Å²) in [7, 11) is 3.97. The Morgan fingerprint density at radius 3 is 2.54 bits per heavy atom. The maximum atomic E-state index is 13.6. The summed E-state index contributed by atoms with van der Waals surface area (Å²) in [5.74, 6) is 1.49. The van der Waals surface area contributed by atoms with E-state index in [4.69, 9.17) is 14.1 Å². The van der Waals surface area contributed by atoms with E-state index in [2.05, 4.69) is 25.9 Å². The number of furan rings is 1. The number of nitrogens with zero attached hydrogens (tertiary/aromatic N) is 4. The van der Waals surface area contributed by atoms with Gasteiger partial charge in [-0.3, -0.25) is 4.79 Å². The van der Waals surface area contributed by atoms with Crippen molar-refractivity contribution in [3.8, 4) is 17.3 Å². The number of hydrogen-bond acceptors (Lipinski definition) is 6. The van der Waals surface area contributed by atoms with Gasteiger partial charge in [0, 0.05) is 36.8 Å². The van der Waals surface area contributed by atoms with Crippen LogP contribution in [-0.4, -0.2) is 36.6 Å². The van der Waals surface area contributed by atoms with E-state index < -0.39 is 0 Å². The van der Waals surface area contributed by atoms with Crippen LogP contribution in [0.3, 0.4) is 0 Å². The van der Waals surface area contributed by atoms with Gasteiger partial charge in [0.25, 0.3) is 5.56 Å². The molecule has 0 amide bonds. The minimum atomic E-state index is -0.278. The van der Waals surface area contributed by atoms with Crippen molar-refractivity contribution in [2.75, 3.05) is 25.6 Å². The fourth-order valence-corrected chi connectivity index (χ4v) is 3.93. The molecule has 0 aliphatic heterocycles. The molecule has 3 aromatic carbocycles. The Bertz CT molecular complexity index is 1640. The van der Waals surface area contributed by atoms with E-state index in [0.29, 0.717) is 40.4 Å². The summed E-state index contributed by atoms with van der Waals surface area (Å²) < 4.78 is 13.6. The molecule has 5 rings (SSSR count). The summed E-state index contributed by atoms with van der Waals surface area (Å²) in [5, 5.41) is 6.02. The molecule has 37 heavy (non-hydrogen) atoms. The fourth-order valence-electron chi connectivity index (χ4n) is 3.93. The van der Waals surface area contributed by atoms with Crippen molar-refractivity contribution in [3.63, 3.8) is 0 Å². The molecule has 0 atom stereocenters. The van der Waals surface area contributed by atoms with Crippen molar-refractivity contribution in [1.82, 2.24) is 9.66 Å². The zero-order valence-electron chi connectivity index (χ0n) is 21.7. The van der Waals surface area contributed by atoms with Crippen LogP contribution < -0.4 is 15.2 Å². The van der Waals surface area contributed by atoms with Crippen LogP contribution in [0.2, 0.25) is 0 Å². The second kappa shape index (κ2) is 9.58. The second-order valence-electron chi connectivity index (χ2n) is 10.4. The first kappa shape index (κ1) is 24.3. The van der Waals surface area contributed by atoms with Crippen LogP contribution in [0.5, 0.6) is 5.75 Å². The zero-order valence-corrected chi connectivity index (χ0v) is 21.7. The first-order chi connectivity index (χ1) is 17.7. The standard InChI is InChI=1S/C30H30N4O3/c1-30(2,3)19-36-26-17-22(33(4)5)15-14-21(26)18-31-34-28(27-16-20-10-6-9-13-25(20)37-27)32-24-12-8-7-11-23(24)29(34)35/h6-18H,19H2,1-5H3. The van der Waals surface area contributed by atoms with Gasteiger partial charge in [0.1, 0.15) is 11.3 Å². The predicted octanol–water partition coefficient (Wildman–Crippen LogP) is 6.18. The van der Waals surface area contributed by atoms with Crippen LogP contribution in [0.4, 0.5) is 5.69 Å². The molecule has 0 saturated heterocycles. The molecular formula is C30H30N4O3. The Balaban J connectivity index is 1.65. The van der Waals surface area contributed by atoms with E-state index in [1.807, 2.05) is 85.7 Å². The lowest BCUT2D eigenvalue weighted by atomic mass is 9.98. The van der Waals surface area contributed by atoms with Gasteiger partial charge in [-0.15, -0.1) is 0 Å². The highest BCUT2D eigenvalue weighted by molar-refractivity contribution is 5.86. The van der Waals surface area contributed by atoms with E-state index in [1.165, 1.54) is 4.68 Å². The molecule has 0 spiro atoms. The Kier molecular flexibility index (Phi) is 6.29. The van der Waals surface area contributed by atoms with Crippen LogP contribution in [0.1, 0.15) is 26.3 Å². The third-order valence-electron chi connectivity index (χ3n) is 5.89. The summed E-state index contributed by atoms with van der Waals surface area (Å²) in [6.07, 6.45) is 1.64. The first-order valence-corrected chi connectivity index (χ1v) is 12.2. The van der Waals surface area contributed by atoms with Crippen LogP contribution in [-0.2, 0) is 0 Å². The quantitative estimate of drug-likeness (QED) is 0.264. The maximum Gasteiger partial charge on any atom is 0.282 e. The van der Waals surface area contributed by atoms with Gasteiger partial charge in [0.15, 0.2) is 5.76 Å². The second-order valence-corrected chi connectivity index (χ2v) is 10.4. The molecule has 0 radical (unpaired) electrons. The Hall–Kier alpha value is -4.39. The van der Waals surface area contributed by atoms with Crippen molar-refractivity contribution in [2.45, 2.75) is 20.8 Å². The number of ether oxygens (including phenoxy) is 1. The van der Waals surface area contributed by atoms with Gasteiger partial charge >= 0.3 is 0 Å². The van der Waals surface area contributed by atoms with E-state index >= 15 is 0 Å². The molecule has 188 valence electrons. The van der Waals surface area contributed by atoms with Gasteiger partial charge < -0.3 is 14.1 Å². The minimum absolute atomic E-state index is 0.0177. The fraction of sp³-hybridized carbons (Fsp3) is 0.233. The van der Waals surface area contributed by atoms with Gasteiger partial charge in [-0.05, 0) is 41.8 Å². The third kappa shape index (κ3) is 5.11. The lowest BCUT2D eigenvalue weighted by Crippen LogP contribution is -2.20. The number of aromatic nitrogens is 2. The Labute approximate surface area is 215 Å². The maximum absolute atomic E-state index is 13.6. The Morgan fingerprint density at radius 2 is 1.78 bits per heavy atom. The molecule has 0 aliphatic carbocycles. The normalized spacial score (nSPS) is 12.0. The molecule has 0 N–H and O–H groups in total.